The first-order valence-electron chi connectivity index (χ1n) is 8.05. The summed E-state index contributed by atoms with van der Waals surface area (Å²) in [7, 11) is 3.32. The normalized spacial score (nSPS) is 15.8. The second kappa shape index (κ2) is 7.35. The average Bonchev–Trinajstić information content (AvgIpc) is 3.11. The third kappa shape index (κ3) is 3.88. The summed E-state index contributed by atoms with van der Waals surface area (Å²) < 4.78 is 13.3. The smallest absolute Gasteiger partial charge is 0.268 e. The molecular weight excluding hydrogens is 337 g/mol. The van der Waals surface area contributed by atoms with Crippen LogP contribution >= 0.6 is 0 Å². The Morgan fingerprint density at radius 1 is 1.19 bits per heavy atom. The first-order chi connectivity index (χ1) is 12.4. The van der Waals surface area contributed by atoms with Crippen molar-refractivity contribution in [3.8, 4) is 0 Å². The molecule has 0 aliphatic carbocycles. The summed E-state index contributed by atoms with van der Waals surface area (Å²) in [6.07, 6.45) is -0.563. The van der Waals surface area contributed by atoms with Crippen LogP contribution in [0.3, 0.4) is 0 Å². The van der Waals surface area contributed by atoms with E-state index in [0.29, 0.717) is 22.5 Å². The maximum Gasteiger partial charge on any atom is 0.268 e. The first-order valence-corrected chi connectivity index (χ1v) is 8.05. The van der Waals surface area contributed by atoms with Crippen molar-refractivity contribution in [2.24, 2.45) is 5.16 Å². The molecule has 0 spiro atoms. The quantitative estimate of drug-likeness (QED) is 0.917. The Balaban J connectivity index is 1.65. The van der Waals surface area contributed by atoms with Crippen LogP contribution in [-0.2, 0) is 9.63 Å². The third-order valence-electron chi connectivity index (χ3n) is 3.90. The average molecular weight is 355 g/mol. The van der Waals surface area contributed by atoms with Gasteiger partial charge in [0.05, 0.1) is 5.71 Å². The van der Waals surface area contributed by atoms with Gasteiger partial charge in [0.15, 0.2) is 0 Å². The Morgan fingerprint density at radius 2 is 1.96 bits per heavy atom. The standard InChI is InChI=1S/C19H18FN3O3/c1-23(2)19(25)13-6-4-8-15(10-13)21-18(24)17-11-16(22-26-17)12-5-3-7-14(20)9-12/h3-10,17H,11H2,1-2H3,(H,21,24). The maximum absolute atomic E-state index is 13.3. The fourth-order valence-electron chi connectivity index (χ4n) is 2.57. The number of amides is 2. The van der Waals surface area contributed by atoms with Gasteiger partial charge in [0.25, 0.3) is 11.8 Å². The SMILES string of the molecule is CN(C)C(=O)c1cccc(NC(=O)C2CC(c3cccc(F)c3)=NO2)c1. The molecule has 1 unspecified atom stereocenters. The summed E-state index contributed by atoms with van der Waals surface area (Å²) in [4.78, 5) is 31.0. The predicted molar refractivity (Wildman–Crippen MR) is 95.5 cm³/mol. The Morgan fingerprint density at radius 3 is 2.69 bits per heavy atom. The number of nitrogens with zero attached hydrogens (tertiary/aromatic N) is 2. The molecule has 1 N–H and O–H groups in total. The zero-order valence-electron chi connectivity index (χ0n) is 14.4. The van der Waals surface area contributed by atoms with E-state index >= 15 is 0 Å². The van der Waals surface area contributed by atoms with Gasteiger partial charge in [0, 0.05) is 37.3 Å². The summed E-state index contributed by atoms with van der Waals surface area (Å²) in [5.74, 6) is -0.912. The number of oxime groups is 1. The highest BCUT2D eigenvalue weighted by molar-refractivity contribution is 6.06. The molecule has 0 aromatic heterocycles. The lowest BCUT2D eigenvalue weighted by molar-refractivity contribution is -0.125. The number of halogens is 1. The summed E-state index contributed by atoms with van der Waals surface area (Å²) in [6, 6.07) is 12.6. The van der Waals surface area contributed by atoms with E-state index in [4.69, 9.17) is 4.84 Å². The van der Waals surface area contributed by atoms with E-state index in [2.05, 4.69) is 10.5 Å². The Hall–Kier alpha value is -3.22. The van der Waals surface area contributed by atoms with E-state index in [9.17, 15) is 14.0 Å². The van der Waals surface area contributed by atoms with Gasteiger partial charge in [-0.3, -0.25) is 9.59 Å². The highest BCUT2D eigenvalue weighted by atomic mass is 19.1. The molecule has 2 amide bonds. The molecule has 1 heterocycles. The van der Waals surface area contributed by atoms with Crippen molar-refractivity contribution in [1.29, 1.82) is 0 Å². The Bertz CT molecular complexity index is 880. The van der Waals surface area contributed by atoms with Gasteiger partial charge in [-0.15, -0.1) is 0 Å². The van der Waals surface area contributed by atoms with Crippen molar-refractivity contribution >= 4 is 23.2 Å². The summed E-state index contributed by atoms with van der Waals surface area (Å²) >= 11 is 0. The third-order valence-corrected chi connectivity index (χ3v) is 3.90. The predicted octanol–water partition coefficient (Wildman–Crippen LogP) is 2.66. The molecule has 0 saturated heterocycles. The molecule has 1 aliphatic rings. The van der Waals surface area contributed by atoms with Crippen LogP contribution in [0.2, 0.25) is 0 Å². The van der Waals surface area contributed by atoms with E-state index in [1.807, 2.05) is 0 Å². The molecule has 1 atom stereocenters. The lowest BCUT2D eigenvalue weighted by Crippen LogP contribution is -2.28. The largest absolute Gasteiger partial charge is 0.382 e. The fourth-order valence-corrected chi connectivity index (χ4v) is 2.57. The summed E-state index contributed by atoms with van der Waals surface area (Å²) in [5, 5.41) is 6.61. The number of rotatable bonds is 4. The molecule has 2 aromatic carbocycles. The highest BCUT2D eigenvalue weighted by Gasteiger charge is 2.29. The number of anilines is 1. The van der Waals surface area contributed by atoms with E-state index < -0.39 is 6.10 Å². The Kier molecular flexibility index (Phi) is 4.97. The Labute approximate surface area is 150 Å². The van der Waals surface area contributed by atoms with Gasteiger partial charge < -0.3 is 15.1 Å². The number of carbonyl (C=O) groups excluding carboxylic acids is 2. The van der Waals surface area contributed by atoms with Gasteiger partial charge >= 0.3 is 0 Å². The highest BCUT2D eigenvalue weighted by Crippen LogP contribution is 2.19. The van der Waals surface area contributed by atoms with Crippen molar-refractivity contribution < 1.29 is 18.8 Å². The zero-order chi connectivity index (χ0) is 18.7. The van der Waals surface area contributed by atoms with E-state index in [-0.39, 0.29) is 24.1 Å². The molecule has 2 aromatic rings. The van der Waals surface area contributed by atoms with Crippen LogP contribution in [-0.4, -0.2) is 42.6 Å². The zero-order valence-corrected chi connectivity index (χ0v) is 14.4. The number of carbonyl (C=O) groups is 2. The van der Waals surface area contributed by atoms with Crippen LogP contribution in [0.4, 0.5) is 10.1 Å². The fraction of sp³-hybridized carbons (Fsp3) is 0.211. The summed E-state index contributed by atoms with van der Waals surface area (Å²) in [5.41, 5.74) is 2.06. The van der Waals surface area contributed by atoms with Crippen molar-refractivity contribution in [3.63, 3.8) is 0 Å². The molecule has 7 heteroatoms. The van der Waals surface area contributed by atoms with Crippen molar-refractivity contribution in [2.45, 2.75) is 12.5 Å². The minimum Gasteiger partial charge on any atom is -0.382 e. The van der Waals surface area contributed by atoms with Gasteiger partial charge in [0.1, 0.15) is 5.82 Å². The van der Waals surface area contributed by atoms with E-state index in [1.54, 1.807) is 50.5 Å². The molecule has 0 bridgehead atoms. The molecule has 0 saturated carbocycles. The molecule has 26 heavy (non-hydrogen) atoms. The van der Waals surface area contributed by atoms with Crippen LogP contribution in [0.1, 0.15) is 22.3 Å². The van der Waals surface area contributed by atoms with Crippen LogP contribution in [0.25, 0.3) is 0 Å². The number of benzene rings is 2. The van der Waals surface area contributed by atoms with Gasteiger partial charge in [-0.1, -0.05) is 23.4 Å². The lowest BCUT2D eigenvalue weighted by Gasteiger charge is -2.13. The van der Waals surface area contributed by atoms with Crippen molar-refractivity contribution in [1.82, 2.24) is 4.90 Å². The molecule has 0 radical (unpaired) electrons. The maximum atomic E-state index is 13.3. The van der Waals surface area contributed by atoms with Crippen LogP contribution in [0, 0.1) is 5.82 Å². The number of nitrogens with one attached hydrogen (secondary N) is 1. The molecule has 3 rings (SSSR count). The molecule has 134 valence electrons. The minimum absolute atomic E-state index is 0.157. The second-order valence-electron chi connectivity index (χ2n) is 6.12. The van der Waals surface area contributed by atoms with Gasteiger partial charge in [-0.2, -0.15) is 0 Å². The molecule has 6 nitrogen and oxygen atoms in total. The van der Waals surface area contributed by atoms with Crippen LogP contribution in [0.5, 0.6) is 0 Å². The van der Waals surface area contributed by atoms with Gasteiger partial charge in [0.2, 0.25) is 6.10 Å². The van der Waals surface area contributed by atoms with Gasteiger partial charge in [-0.05, 0) is 30.3 Å². The minimum atomic E-state index is -0.804. The van der Waals surface area contributed by atoms with E-state index in [1.165, 1.54) is 17.0 Å². The summed E-state index contributed by atoms with van der Waals surface area (Å²) in [6.45, 7) is 0. The first kappa shape index (κ1) is 17.6. The van der Waals surface area contributed by atoms with Crippen molar-refractivity contribution in [3.05, 3.63) is 65.5 Å². The molecular formula is C19H18FN3O3. The lowest BCUT2D eigenvalue weighted by atomic mass is 10.0. The van der Waals surface area contributed by atoms with Crippen molar-refractivity contribution in [2.75, 3.05) is 19.4 Å². The molecule has 0 fully saturated rings. The second-order valence-corrected chi connectivity index (χ2v) is 6.12. The number of hydrogen-bond acceptors (Lipinski definition) is 4. The topological polar surface area (TPSA) is 71.0 Å². The van der Waals surface area contributed by atoms with Gasteiger partial charge in [-0.25, -0.2) is 4.39 Å². The number of hydrogen-bond donors (Lipinski definition) is 1. The van der Waals surface area contributed by atoms with Crippen LogP contribution in [0.15, 0.2) is 53.7 Å². The van der Waals surface area contributed by atoms with Crippen LogP contribution < -0.4 is 5.32 Å². The molecule has 1 aliphatic heterocycles. The van der Waals surface area contributed by atoms with E-state index in [0.717, 1.165) is 0 Å². The monoisotopic (exact) mass is 355 g/mol.